The predicted molar refractivity (Wildman–Crippen MR) is 64.6 cm³/mol. The van der Waals surface area contributed by atoms with Gasteiger partial charge in [0.2, 0.25) is 0 Å². The van der Waals surface area contributed by atoms with Crippen LogP contribution in [-0.4, -0.2) is 37.1 Å². The van der Waals surface area contributed by atoms with Crippen molar-refractivity contribution in [3.05, 3.63) is 29.8 Å². The Hall–Kier alpha value is -2.22. The van der Waals surface area contributed by atoms with Gasteiger partial charge in [0, 0.05) is 26.2 Å². The van der Waals surface area contributed by atoms with Gasteiger partial charge in [-0.25, -0.2) is 4.79 Å². The van der Waals surface area contributed by atoms with Crippen molar-refractivity contribution in [3.63, 3.8) is 0 Å². The molecule has 5 nitrogen and oxygen atoms in total. The maximum atomic E-state index is 11.3. The maximum Gasteiger partial charge on any atom is 0.317 e. The van der Waals surface area contributed by atoms with Crippen LogP contribution in [-0.2, 0) is 0 Å². The van der Waals surface area contributed by atoms with Crippen LogP contribution < -0.4 is 10.6 Å². The molecule has 0 saturated carbocycles. The Morgan fingerprint density at radius 1 is 1.47 bits per heavy atom. The Morgan fingerprint density at radius 2 is 2.29 bits per heavy atom. The van der Waals surface area contributed by atoms with E-state index in [1.54, 1.807) is 11.0 Å². The molecular weight excluding hydrogens is 216 g/mol. The Balaban J connectivity index is 1.86. The molecule has 88 valence electrons. The highest BCUT2D eigenvalue weighted by molar-refractivity contribution is 5.76. The number of amides is 2. The molecule has 17 heavy (non-hydrogen) atoms. The fourth-order valence-corrected chi connectivity index (χ4v) is 1.78. The topological polar surface area (TPSA) is 68.2 Å². The first kappa shape index (κ1) is 11.3. The summed E-state index contributed by atoms with van der Waals surface area (Å²) in [6.07, 6.45) is 0. The van der Waals surface area contributed by atoms with Gasteiger partial charge < -0.3 is 15.5 Å². The van der Waals surface area contributed by atoms with E-state index in [0.717, 1.165) is 12.2 Å². The normalized spacial score (nSPS) is 14.3. The lowest BCUT2D eigenvalue weighted by atomic mass is 10.2. The number of carbonyl (C=O) groups is 1. The summed E-state index contributed by atoms with van der Waals surface area (Å²) in [5, 5.41) is 14.8. The molecule has 0 bridgehead atoms. The number of rotatable bonds is 4. The van der Waals surface area contributed by atoms with Gasteiger partial charge in [0.25, 0.3) is 0 Å². The number of urea groups is 1. The zero-order valence-electron chi connectivity index (χ0n) is 9.44. The van der Waals surface area contributed by atoms with E-state index in [0.29, 0.717) is 25.2 Å². The number of nitrogens with one attached hydrogen (secondary N) is 2. The first-order valence-electron chi connectivity index (χ1n) is 5.57. The van der Waals surface area contributed by atoms with E-state index in [-0.39, 0.29) is 6.03 Å². The summed E-state index contributed by atoms with van der Waals surface area (Å²) in [7, 11) is 0. The molecule has 1 aliphatic rings. The van der Waals surface area contributed by atoms with Crippen LogP contribution in [0.1, 0.15) is 5.56 Å². The second kappa shape index (κ2) is 5.21. The molecule has 1 heterocycles. The average Bonchev–Trinajstić information content (AvgIpc) is 2.76. The summed E-state index contributed by atoms with van der Waals surface area (Å²) >= 11 is 0. The summed E-state index contributed by atoms with van der Waals surface area (Å²) in [6.45, 7) is 2.76. The van der Waals surface area contributed by atoms with E-state index in [4.69, 9.17) is 5.26 Å². The molecule has 1 aliphatic heterocycles. The number of nitrogens with zero attached hydrogens (tertiary/aromatic N) is 2. The Labute approximate surface area is 100 Å². The summed E-state index contributed by atoms with van der Waals surface area (Å²) < 4.78 is 0. The number of nitriles is 1. The van der Waals surface area contributed by atoms with Gasteiger partial charge >= 0.3 is 6.03 Å². The maximum absolute atomic E-state index is 11.3. The molecular formula is C12H14N4O. The Morgan fingerprint density at radius 3 is 3.00 bits per heavy atom. The van der Waals surface area contributed by atoms with Crippen LogP contribution in [0.4, 0.5) is 10.5 Å². The first-order chi connectivity index (χ1) is 8.31. The van der Waals surface area contributed by atoms with Crippen LogP contribution in [0.5, 0.6) is 0 Å². The van der Waals surface area contributed by atoms with Crippen LogP contribution >= 0.6 is 0 Å². The van der Waals surface area contributed by atoms with Crippen molar-refractivity contribution in [1.29, 1.82) is 5.26 Å². The number of carbonyl (C=O) groups excluding carboxylic acids is 1. The van der Waals surface area contributed by atoms with Gasteiger partial charge in [-0.3, -0.25) is 0 Å². The molecule has 1 aromatic carbocycles. The molecule has 0 atom stereocenters. The van der Waals surface area contributed by atoms with E-state index in [1.165, 1.54) is 0 Å². The molecule has 1 fully saturated rings. The van der Waals surface area contributed by atoms with Crippen LogP contribution in [0.15, 0.2) is 24.3 Å². The van der Waals surface area contributed by atoms with E-state index in [1.807, 2.05) is 18.2 Å². The monoisotopic (exact) mass is 230 g/mol. The Bertz CT molecular complexity index is 452. The van der Waals surface area contributed by atoms with E-state index in [9.17, 15) is 4.79 Å². The fraction of sp³-hybridized carbons (Fsp3) is 0.333. The van der Waals surface area contributed by atoms with Gasteiger partial charge in [0.1, 0.15) is 6.07 Å². The van der Waals surface area contributed by atoms with Gasteiger partial charge in [-0.1, -0.05) is 12.1 Å². The smallest absolute Gasteiger partial charge is 0.317 e. The molecule has 0 aliphatic carbocycles. The standard InChI is InChI=1S/C12H14N4O/c13-9-10-3-1-2-4-11(10)14-5-7-16-8-6-15-12(16)17/h1-4,14H,5-8H2,(H,15,17). The lowest BCUT2D eigenvalue weighted by Crippen LogP contribution is -2.32. The zero-order valence-corrected chi connectivity index (χ0v) is 9.44. The minimum atomic E-state index is -0.0135. The molecule has 0 radical (unpaired) electrons. The highest BCUT2D eigenvalue weighted by atomic mass is 16.2. The number of hydrogen-bond acceptors (Lipinski definition) is 3. The molecule has 1 saturated heterocycles. The van der Waals surface area contributed by atoms with Crippen molar-refractivity contribution in [2.24, 2.45) is 0 Å². The zero-order chi connectivity index (χ0) is 12.1. The molecule has 1 aromatic rings. The highest BCUT2D eigenvalue weighted by Gasteiger charge is 2.18. The quantitative estimate of drug-likeness (QED) is 0.810. The third-order valence-electron chi connectivity index (χ3n) is 2.69. The van der Waals surface area contributed by atoms with Crippen LogP contribution in [0.2, 0.25) is 0 Å². The fourth-order valence-electron chi connectivity index (χ4n) is 1.78. The number of anilines is 1. The third kappa shape index (κ3) is 2.67. The van der Waals surface area contributed by atoms with Crippen molar-refractivity contribution in [1.82, 2.24) is 10.2 Å². The van der Waals surface area contributed by atoms with Crippen molar-refractivity contribution < 1.29 is 4.79 Å². The van der Waals surface area contributed by atoms with Gasteiger partial charge in [0.05, 0.1) is 11.3 Å². The van der Waals surface area contributed by atoms with Gasteiger partial charge in [-0.05, 0) is 12.1 Å². The molecule has 0 unspecified atom stereocenters. The van der Waals surface area contributed by atoms with Crippen molar-refractivity contribution >= 4 is 11.7 Å². The summed E-state index contributed by atoms with van der Waals surface area (Å²) in [5.41, 5.74) is 1.44. The number of benzene rings is 1. The summed E-state index contributed by atoms with van der Waals surface area (Å²) in [6, 6.07) is 9.46. The van der Waals surface area contributed by atoms with Crippen molar-refractivity contribution in [2.75, 3.05) is 31.5 Å². The second-order valence-electron chi connectivity index (χ2n) is 3.80. The van der Waals surface area contributed by atoms with Crippen LogP contribution in [0.3, 0.4) is 0 Å². The SMILES string of the molecule is N#Cc1ccccc1NCCN1CCNC1=O. The molecule has 2 N–H and O–H groups in total. The minimum absolute atomic E-state index is 0.0135. The van der Waals surface area contributed by atoms with Crippen LogP contribution in [0, 0.1) is 11.3 Å². The first-order valence-corrected chi connectivity index (χ1v) is 5.57. The predicted octanol–water partition coefficient (Wildman–Crippen LogP) is 0.995. The van der Waals surface area contributed by atoms with Crippen molar-refractivity contribution in [2.45, 2.75) is 0 Å². The molecule has 0 aromatic heterocycles. The summed E-state index contributed by atoms with van der Waals surface area (Å²) in [5.74, 6) is 0. The molecule has 0 spiro atoms. The van der Waals surface area contributed by atoms with Crippen LogP contribution in [0.25, 0.3) is 0 Å². The van der Waals surface area contributed by atoms with Gasteiger partial charge in [-0.2, -0.15) is 5.26 Å². The van der Waals surface area contributed by atoms with E-state index >= 15 is 0 Å². The molecule has 2 amide bonds. The summed E-state index contributed by atoms with van der Waals surface area (Å²) in [4.78, 5) is 13.0. The van der Waals surface area contributed by atoms with E-state index in [2.05, 4.69) is 16.7 Å². The van der Waals surface area contributed by atoms with E-state index < -0.39 is 0 Å². The number of hydrogen-bond donors (Lipinski definition) is 2. The Kier molecular flexibility index (Phi) is 3.46. The average molecular weight is 230 g/mol. The lowest BCUT2D eigenvalue weighted by molar-refractivity contribution is 0.219. The number of para-hydroxylation sites is 1. The molecule has 5 heteroatoms. The third-order valence-corrected chi connectivity index (χ3v) is 2.69. The highest BCUT2D eigenvalue weighted by Crippen LogP contribution is 2.12. The molecule has 2 rings (SSSR count). The lowest BCUT2D eigenvalue weighted by Gasteiger charge is -2.15. The van der Waals surface area contributed by atoms with Gasteiger partial charge in [0.15, 0.2) is 0 Å². The second-order valence-corrected chi connectivity index (χ2v) is 3.80. The van der Waals surface area contributed by atoms with Crippen molar-refractivity contribution in [3.8, 4) is 6.07 Å². The van der Waals surface area contributed by atoms with Gasteiger partial charge in [-0.15, -0.1) is 0 Å². The minimum Gasteiger partial charge on any atom is -0.382 e. The largest absolute Gasteiger partial charge is 0.382 e.